The first-order chi connectivity index (χ1) is 15.4. The number of urea groups is 2. The molecule has 5 rings (SSSR count). The van der Waals surface area contributed by atoms with Gasteiger partial charge in [-0.25, -0.2) is 9.59 Å². The van der Waals surface area contributed by atoms with Gasteiger partial charge in [-0.05, 0) is 36.5 Å². The van der Waals surface area contributed by atoms with E-state index in [4.69, 9.17) is 0 Å². The molecule has 3 N–H and O–H groups in total. The number of nitrogens with one attached hydrogen (secondary N) is 3. The fourth-order valence-electron chi connectivity index (χ4n) is 5.64. The van der Waals surface area contributed by atoms with Gasteiger partial charge in [0.15, 0.2) is 0 Å². The monoisotopic (exact) mass is 432 g/mol. The molecule has 0 aromatic heterocycles. The van der Waals surface area contributed by atoms with E-state index < -0.39 is 11.6 Å². The molecular formula is C25H28N4O3. The summed E-state index contributed by atoms with van der Waals surface area (Å²) < 4.78 is 0. The molecule has 1 aliphatic carbocycles. The first-order valence-electron chi connectivity index (χ1n) is 11.3. The second-order valence-corrected chi connectivity index (χ2v) is 9.24. The molecule has 3 unspecified atom stereocenters. The highest BCUT2D eigenvalue weighted by atomic mass is 16.2. The zero-order valence-corrected chi connectivity index (χ0v) is 18.2. The summed E-state index contributed by atoms with van der Waals surface area (Å²) in [6.07, 6.45) is 4.51. The maximum absolute atomic E-state index is 13.2. The summed E-state index contributed by atoms with van der Waals surface area (Å²) in [6.45, 7) is 2.81. The molecule has 2 heterocycles. The maximum Gasteiger partial charge on any atom is 0.322 e. The van der Waals surface area contributed by atoms with E-state index >= 15 is 0 Å². The molecule has 3 aliphatic rings. The number of rotatable bonds is 4. The molecule has 0 radical (unpaired) electrons. The summed E-state index contributed by atoms with van der Waals surface area (Å²) in [7, 11) is 0. The second-order valence-electron chi connectivity index (χ2n) is 9.24. The predicted octanol–water partition coefficient (Wildman–Crippen LogP) is 3.35. The van der Waals surface area contributed by atoms with Crippen LogP contribution >= 0.6 is 0 Å². The molecule has 0 bridgehead atoms. The Kier molecular flexibility index (Phi) is 4.92. The van der Waals surface area contributed by atoms with Crippen LogP contribution in [0.1, 0.15) is 49.3 Å². The minimum atomic E-state index is -1.11. The van der Waals surface area contributed by atoms with Gasteiger partial charge in [0.2, 0.25) is 0 Å². The van der Waals surface area contributed by atoms with Gasteiger partial charge in [0.25, 0.3) is 5.91 Å². The number of fused-ring (bicyclic) bond motifs is 1. The number of hydrogen-bond acceptors (Lipinski definition) is 3. The quantitative estimate of drug-likeness (QED) is 0.647. The number of imide groups is 1. The van der Waals surface area contributed by atoms with Crippen LogP contribution < -0.4 is 16.0 Å². The molecule has 32 heavy (non-hydrogen) atoms. The third kappa shape index (κ3) is 3.15. The van der Waals surface area contributed by atoms with E-state index in [0.29, 0.717) is 18.0 Å². The Morgan fingerprint density at radius 3 is 2.59 bits per heavy atom. The van der Waals surface area contributed by atoms with Gasteiger partial charge in [0.1, 0.15) is 5.54 Å². The van der Waals surface area contributed by atoms with Gasteiger partial charge >= 0.3 is 12.1 Å². The van der Waals surface area contributed by atoms with E-state index in [0.717, 1.165) is 31.4 Å². The third-order valence-corrected chi connectivity index (χ3v) is 7.43. The molecule has 2 aliphatic heterocycles. The largest absolute Gasteiger partial charge is 0.334 e. The normalized spacial score (nSPS) is 28.9. The lowest BCUT2D eigenvalue weighted by atomic mass is 9.62. The van der Waals surface area contributed by atoms with Crippen molar-refractivity contribution in [3.8, 4) is 0 Å². The highest BCUT2D eigenvalue weighted by Crippen LogP contribution is 2.53. The highest BCUT2D eigenvalue weighted by Gasteiger charge is 2.57. The molecule has 7 nitrogen and oxygen atoms in total. The van der Waals surface area contributed by atoms with Gasteiger partial charge in [-0.3, -0.25) is 10.1 Å². The molecule has 2 aromatic rings. The molecule has 7 heteroatoms. The van der Waals surface area contributed by atoms with Gasteiger partial charge in [0, 0.05) is 19.0 Å². The predicted molar refractivity (Wildman–Crippen MR) is 119 cm³/mol. The van der Waals surface area contributed by atoms with Gasteiger partial charge in [-0.2, -0.15) is 0 Å². The van der Waals surface area contributed by atoms with Crippen molar-refractivity contribution in [1.29, 1.82) is 0 Å². The van der Waals surface area contributed by atoms with Crippen LogP contribution in [0.15, 0.2) is 54.6 Å². The highest BCUT2D eigenvalue weighted by molar-refractivity contribution is 6.07. The van der Waals surface area contributed by atoms with Gasteiger partial charge < -0.3 is 15.5 Å². The molecule has 3 atom stereocenters. The maximum atomic E-state index is 13.2. The van der Waals surface area contributed by atoms with Crippen molar-refractivity contribution in [2.24, 2.45) is 5.92 Å². The lowest BCUT2D eigenvalue weighted by molar-refractivity contribution is -0.123. The van der Waals surface area contributed by atoms with Crippen molar-refractivity contribution in [1.82, 2.24) is 20.9 Å². The molecule has 2 saturated heterocycles. The van der Waals surface area contributed by atoms with Crippen molar-refractivity contribution in [3.63, 3.8) is 0 Å². The number of benzene rings is 2. The van der Waals surface area contributed by atoms with Gasteiger partial charge in [-0.1, -0.05) is 67.4 Å². The van der Waals surface area contributed by atoms with Crippen LogP contribution in [-0.2, 0) is 22.4 Å². The molecule has 1 saturated carbocycles. The molecular weight excluding hydrogens is 404 g/mol. The average molecular weight is 433 g/mol. The second kappa shape index (κ2) is 7.65. The Labute approximate surface area is 187 Å². The standard InChI is InChI=1S/C25H28N4O3/c1-24(21(30)27-22(31)28-24)19-12-7-8-17(14-19)15-26-23(32)29-16-20-11-5-6-13-25(20,29)18-9-3-2-4-10-18/h2-4,7-10,12,14,20H,5-6,11,13,15-16H2,1H3,(H,26,32)(H2,27,28,30,31). The Morgan fingerprint density at radius 2 is 1.88 bits per heavy atom. The zero-order valence-electron chi connectivity index (χ0n) is 18.2. The van der Waals surface area contributed by atoms with Gasteiger partial charge in [-0.15, -0.1) is 0 Å². The fourth-order valence-corrected chi connectivity index (χ4v) is 5.64. The minimum absolute atomic E-state index is 0.0597. The van der Waals surface area contributed by atoms with Crippen LogP contribution in [0.3, 0.4) is 0 Å². The van der Waals surface area contributed by atoms with Crippen molar-refractivity contribution in [2.75, 3.05) is 6.54 Å². The average Bonchev–Trinajstić information content (AvgIpc) is 3.06. The number of carbonyl (C=O) groups is 3. The first-order valence-corrected chi connectivity index (χ1v) is 11.3. The summed E-state index contributed by atoms with van der Waals surface area (Å²) in [5.41, 5.74) is 1.47. The van der Waals surface area contributed by atoms with E-state index in [1.807, 2.05) is 47.4 Å². The van der Waals surface area contributed by atoms with Crippen LogP contribution in [0.2, 0.25) is 0 Å². The number of amides is 5. The van der Waals surface area contributed by atoms with E-state index in [2.05, 4.69) is 28.1 Å². The summed E-state index contributed by atoms with van der Waals surface area (Å²) in [5, 5.41) is 8.05. The molecule has 2 aromatic carbocycles. The first kappa shape index (κ1) is 20.5. The summed E-state index contributed by atoms with van der Waals surface area (Å²) >= 11 is 0. The smallest absolute Gasteiger partial charge is 0.322 e. The Balaban J connectivity index is 1.31. The Hall–Kier alpha value is -3.35. The van der Waals surface area contributed by atoms with E-state index in [1.54, 1.807) is 6.92 Å². The molecule has 0 spiro atoms. The zero-order chi connectivity index (χ0) is 22.3. The van der Waals surface area contributed by atoms with E-state index in [9.17, 15) is 14.4 Å². The molecule has 5 amide bonds. The number of nitrogens with zero attached hydrogens (tertiary/aromatic N) is 1. The van der Waals surface area contributed by atoms with Crippen molar-refractivity contribution in [2.45, 2.75) is 50.2 Å². The van der Waals surface area contributed by atoms with Gasteiger partial charge in [0.05, 0.1) is 5.54 Å². The third-order valence-electron chi connectivity index (χ3n) is 7.43. The van der Waals surface area contributed by atoms with Crippen molar-refractivity contribution >= 4 is 18.0 Å². The summed E-state index contributed by atoms with van der Waals surface area (Å²) in [4.78, 5) is 39.1. The molecule has 166 valence electrons. The van der Waals surface area contributed by atoms with Crippen LogP contribution in [0.4, 0.5) is 9.59 Å². The summed E-state index contributed by atoms with van der Waals surface area (Å²) in [5.74, 6) is 0.134. The Bertz CT molecular complexity index is 1070. The van der Waals surface area contributed by atoms with E-state index in [-0.39, 0.29) is 17.5 Å². The summed E-state index contributed by atoms with van der Waals surface area (Å²) in [6, 6.07) is 17.3. The lowest BCUT2D eigenvalue weighted by Crippen LogP contribution is -2.69. The van der Waals surface area contributed by atoms with Crippen LogP contribution in [-0.4, -0.2) is 29.4 Å². The fraction of sp³-hybridized carbons (Fsp3) is 0.400. The number of hydrogen-bond donors (Lipinski definition) is 3. The van der Waals surface area contributed by atoms with Crippen LogP contribution in [0.25, 0.3) is 0 Å². The van der Waals surface area contributed by atoms with Crippen LogP contribution in [0, 0.1) is 5.92 Å². The van der Waals surface area contributed by atoms with Crippen LogP contribution in [0.5, 0.6) is 0 Å². The SMILES string of the molecule is CC1(c2cccc(CNC(=O)N3CC4CCCCC43c3ccccc3)c2)NC(=O)NC1=O. The lowest BCUT2D eigenvalue weighted by Gasteiger charge is -2.61. The van der Waals surface area contributed by atoms with Crippen molar-refractivity contribution in [3.05, 3.63) is 71.3 Å². The minimum Gasteiger partial charge on any atom is -0.334 e. The topological polar surface area (TPSA) is 90.5 Å². The van der Waals surface area contributed by atoms with Crippen molar-refractivity contribution < 1.29 is 14.4 Å². The Morgan fingerprint density at radius 1 is 1.09 bits per heavy atom. The number of carbonyl (C=O) groups excluding carboxylic acids is 3. The van der Waals surface area contributed by atoms with E-state index in [1.165, 1.54) is 12.0 Å². The molecule has 3 fully saturated rings. The number of likely N-dealkylation sites (tertiary alicyclic amines) is 1.